The topological polar surface area (TPSA) is 138 Å². The average Bonchev–Trinajstić information content (AvgIpc) is 2.87. The molecule has 188 valence electrons. The second-order valence-electron chi connectivity index (χ2n) is 8.39. The number of carbonyl (C=O) groups is 2. The number of rotatable bonds is 6. The highest BCUT2D eigenvalue weighted by Gasteiger charge is 2.34. The van der Waals surface area contributed by atoms with Crippen molar-refractivity contribution in [2.45, 2.75) is 12.3 Å². The number of fused-ring (bicyclic) bond motifs is 3. The molecule has 4 aromatic rings. The molecule has 0 unspecified atom stereocenters. The first-order valence-electron chi connectivity index (χ1n) is 11.1. The van der Waals surface area contributed by atoms with Crippen molar-refractivity contribution in [3.05, 3.63) is 81.2 Å². The molecule has 5 rings (SSSR count). The van der Waals surface area contributed by atoms with Gasteiger partial charge in [0.15, 0.2) is 18.1 Å². The fraction of sp³-hybridized carbons (Fsp3) is 0.148. The number of phenolic OH excluding ortho intramolecular Hbond substituents is 1. The maximum atomic E-state index is 13.5. The van der Waals surface area contributed by atoms with Crippen molar-refractivity contribution >= 4 is 34.4 Å². The number of amides is 1. The van der Waals surface area contributed by atoms with Crippen LogP contribution in [0.1, 0.15) is 23.5 Å². The Hall–Kier alpha value is -4.50. The van der Waals surface area contributed by atoms with Crippen LogP contribution in [0.2, 0.25) is 5.02 Å². The molecule has 1 aliphatic rings. The molecule has 0 saturated carbocycles. The third-order valence-corrected chi connectivity index (χ3v) is 6.34. The Bertz CT molecular complexity index is 1610. The standard InChI is InChI=1S/C27H20ClNO8/c1-34-19-7-4-14(8-20(19)35-12-22(29)31)16-9-23(32)37-21-10-18(30)25-26(33)17(11-36-27(25)24(16)21)13-2-5-15(28)6-3-13/h2-8,10-11,16,30H,9,12H2,1H3,(H2,29,31)/t16-/m0/s1. The largest absolute Gasteiger partial charge is 0.507 e. The number of carbonyl (C=O) groups excluding carboxylic acids is 2. The van der Waals surface area contributed by atoms with Gasteiger partial charge in [0.1, 0.15) is 28.7 Å². The molecule has 37 heavy (non-hydrogen) atoms. The van der Waals surface area contributed by atoms with Gasteiger partial charge in [-0.15, -0.1) is 0 Å². The Labute approximate surface area is 214 Å². The lowest BCUT2D eigenvalue weighted by atomic mass is 9.84. The number of phenols is 1. The molecule has 2 heterocycles. The average molecular weight is 522 g/mol. The summed E-state index contributed by atoms with van der Waals surface area (Å²) in [7, 11) is 1.45. The number of halogens is 1. The first kappa shape index (κ1) is 24.2. The normalized spacial score (nSPS) is 14.6. The summed E-state index contributed by atoms with van der Waals surface area (Å²) in [4.78, 5) is 37.2. The van der Waals surface area contributed by atoms with Crippen LogP contribution in [0.25, 0.3) is 22.1 Å². The Balaban J connectivity index is 1.69. The van der Waals surface area contributed by atoms with Crippen molar-refractivity contribution in [1.82, 2.24) is 0 Å². The van der Waals surface area contributed by atoms with E-state index in [-0.39, 0.29) is 46.8 Å². The second-order valence-corrected chi connectivity index (χ2v) is 8.83. The molecule has 1 atom stereocenters. The number of aromatic hydroxyl groups is 1. The lowest BCUT2D eigenvalue weighted by Crippen LogP contribution is -2.22. The van der Waals surface area contributed by atoms with Gasteiger partial charge in [-0.2, -0.15) is 0 Å². The molecule has 0 saturated heterocycles. The Kier molecular flexibility index (Phi) is 6.22. The van der Waals surface area contributed by atoms with Crippen molar-refractivity contribution in [3.63, 3.8) is 0 Å². The molecule has 1 aromatic heterocycles. The number of ether oxygens (including phenoxy) is 3. The lowest BCUT2D eigenvalue weighted by Gasteiger charge is -2.26. The zero-order valence-corrected chi connectivity index (χ0v) is 20.2. The molecule has 10 heteroatoms. The Morgan fingerprint density at radius 3 is 2.59 bits per heavy atom. The summed E-state index contributed by atoms with van der Waals surface area (Å²) in [6, 6.07) is 12.8. The quantitative estimate of drug-likeness (QED) is 0.285. The summed E-state index contributed by atoms with van der Waals surface area (Å²) in [6.07, 6.45) is 1.23. The number of hydrogen-bond donors (Lipinski definition) is 2. The molecule has 3 N–H and O–H groups in total. The number of methoxy groups -OCH3 is 1. The molecular weight excluding hydrogens is 502 g/mol. The van der Waals surface area contributed by atoms with Crippen LogP contribution in [0, 0.1) is 0 Å². The van der Waals surface area contributed by atoms with E-state index in [1.807, 2.05) is 0 Å². The van der Waals surface area contributed by atoms with Crippen molar-refractivity contribution in [1.29, 1.82) is 0 Å². The molecule has 1 aliphatic heterocycles. The van der Waals surface area contributed by atoms with Crippen molar-refractivity contribution in [3.8, 4) is 34.1 Å². The zero-order chi connectivity index (χ0) is 26.3. The van der Waals surface area contributed by atoms with Crippen LogP contribution in [0.15, 0.2) is 64.0 Å². The van der Waals surface area contributed by atoms with E-state index < -0.39 is 23.2 Å². The number of hydrogen-bond acceptors (Lipinski definition) is 8. The van der Waals surface area contributed by atoms with Gasteiger partial charge in [-0.25, -0.2) is 0 Å². The molecule has 1 amide bonds. The van der Waals surface area contributed by atoms with Gasteiger partial charge in [0.2, 0.25) is 5.43 Å². The van der Waals surface area contributed by atoms with E-state index in [9.17, 15) is 19.5 Å². The summed E-state index contributed by atoms with van der Waals surface area (Å²) >= 11 is 5.97. The summed E-state index contributed by atoms with van der Waals surface area (Å²) in [6.45, 7) is -0.373. The van der Waals surface area contributed by atoms with E-state index in [2.05, 4.69) is 0 Å². The van der Waals surface area contributed by atoms with E-state index in [1.54, 1.807) is 42.5 Å². The van der Waals surface area contributed by atoms with E-state index in [4.69, 9.17) is 36.0 Å². The van der Waals surface area contributed by atoms with Crippen LogP contribution in [0.4, 0.5) is 0 Å². The van der Waals surface area contributed by atoms with E-state index >= 15 is 0 Å². The third kappa shape index (κ3) is 4.45. The first-order chi connectivity index (χ1) is 17.8. The fourth-order valence-corrected chi connectivity index (χ4v) is 4.54. The zero-order valence-electron chi connectivity index (χ0n) is 19.4. The fourth-order valence-electron chi connectivity index (χ4n) is 4.42. The molecular formula is C27H20ClNO8. The second kappa shape index (κ2) is 9.51. The van der Waals surface area contributed by atoms with Crippen LogP contribution in [-0.2, 0) is 9.59 Å². The maximum absolute atomic E-state index is 13.5. The van der Waals surface area contributed by atoms with Gasteiger partial charge in [-0.3, -0.25) is 14.4 Å². The maximum Gasteiger partial charge on any atom is 0.312 e. The van der Waals surface area contributed by atoms with Crippen LogP contribution in [-0.4, -0.2) is 30.7 Å². The molecule has 0 bridgehead atoms. The summed E-state index contributed by atoms with van der Waals surface area (Å²) in [5.74, 6) is -1.53. The summed E-state index contributed by atoms with van der Waals surface area (Å²) in [5.41, 5.74) is 6.65. The van der Waals surface area contributed by atoms with Crippen molar-refractivity contribution in [2.75, 3.05) is 13.7 Å². The minimum Gasteiger partial charge on any atom is -0.507 e. The predicted molar refractivity (Wildman–Crippen MR) is 134 cm³/mol. The summed E-state index contributed by atoms with van der Waals surface area (Å²) < 4.78 is 22.1. The third-order valence-electron chi connectivity index (χ3n) is 6.09. The van der Waals surface area contributed by atoms with Gasteiger partial charge in [-0.1, -0.05) is 29.8 Å². The molecule has 0 radical (unpaired) electrons. The van der Waals surface area contributed by atoms with Crippen LogP contribution in [0.5, 0.6) is 23.0 Å². The minimum absolute atomic E-state index is 0.0483. The monoisotopic (exact) mass is 521 g/mol. The van der Waals surface area contributed by atoms with E-state index in [0.29, 0.717) is 27.5 Å². The molecule has 3 aromatic carbocycles. The number of esters is 1. The number of primary amides is 1. The highest BCUT2D eigenvalue weighted by Crippen LogP contribution is 2.46. The van der Waals surface area contributed by atoms with Crippen molar-refractivity contribution < 1.29 is 33.3 Å². The van der Waals surface area contributed by atoms with Crippen LogP contribution in [0.3, 0.4) is 0 Å². The van der Waals surface area contributed by atoms with Gasteiger partial charge in [0.05, 0.1) is 19.1 Å². The van der Waals surface area contributed by atoms with Gasteiger partial charge < -0.3 is 29.5 Å². The first-order valence-corrected chi connectivity index (χ1v) is 11.5. The molecule has 9 nitrogen and oxygen atoms in total. The predicted octanol–water partition coefficient (Wildman–Crippen LogP) is 4.13. The van der Waals surface area contributed by atoms with Gasteiger partial charge in [0, 0.05) is 22.6 Å². The highest BCUT2D eigenvalue weighted by atomic mass is 35.5. The lowest BCUT2D eigenvalue weighted by molar-refractivity contribution is -0.135. The van der Waals surface area contributed by atoms with Crippen LogP contribution < -0.4 is 25.4 Å². The SMILES string of the molecule is COc1ccc([C@@H]2CC(=O)Oc3cc(O)c4c(=O)c(-c5ccc(Cl)cc5)coc4c32)cc1OCC(N)=O. The Morgan fingerprint density at radius 1 is 1.14 bits per heavy atom. The molecule has 0 spiro atoms. The van der Waals surface area contributed by atoms with Crippen molar-refractivity contribution in [2.24, 2.45) is 5.73 Å². The smallest absolute Gasteiger partial charge is 0.312 e. The van der Waals surface area contributed by atoms with Gasteiger partial charge in [-0.05, 0) is 35.4 Å². The molecule has 0 aliphatic carbocycles. The Morgan fingerprint density at radius 2 is 1.89 bits per heavy atom. The number of benzene rings is 3. The summed E-state index contributed by atoms with van der Waals surface area (Å²) in [5, 5.41) is 11.2. The molecule has 0 fully saturated rings. The van der Waals surface area contributed by atoms with Gasteiger partial charge >= 0.3 is 5.97 Å². The minimum atomic E-state index is -0.668. The van der Waals surface area contributed by atoms with Crippen LogP contribution >= 0.6 is 11.6 Å². The van der Waals surface area contributed by atoms with E-state index in [0.717, 1.165) is 0 Å². The highest BCUT2D eigenvalue weighted by molar-refractivity contribution is 6.30. The van der Waals surface area contributed by atoms with Gasteiger partial charge in [0.25, 0.3) is 5.91 Å². The number of nitrogens with two attached hydrogens (primary N) is 1. The van der Waals surface area contributed by atoms with E-state index in [1.165, 1.54) is 19.4 Å².